The molecular formula is C15H23N3. The number of rotatable bonds is 6. The molecule has 3 N–H and O–H groups in total. The van der Waals surface area contributed by atoms with Crippen molar-refractivity contribution >= 4 is 5.84 Å². The third-order valence-corrected chi connectivity index (χ3v) is 3.40. The van der Waals surface area contributed by atoms with Gasteiger partial charge < -0.3 is 5.73 Å². The minimum absolute atomic E-state index is 0.293. The predicted octanol–water partition coefficient (Wildman–Crippen LogP) is 2.59. The largest absolute Gasteiger partial charge is 0.388 e. The number of benzene rings is 1. The summed E-state index contributed by atoms with van der Waals surface area (Å²) < 4.78 is 0. The molecule has 98 valence electrons. The van der Waals surface area contributed by atoms with Gasteiger partial charge in [-0.3, -0.25) is 10.3 Å². The van der Waals surface area contributed by atoms with Crippen molar-refractivity contribution in [2.75, 3.05) is 6.54 Å². The maximum atomic E-state index is 7.35. The first-order chi connectivity index (χ1) is 8.54. The van der Waals surface area contributed by atoms with Crippen LogP contribution in [0, 0.1) is 19.3 Å². The van der Waals surface area contributed by atoms with Crippen LogP contribution in [0.15, 0.2) is 18.2 Å². The molecule has 0 saturated heterocycles. The van der Waals surface area contributed by atoms with Gasteiger partial charge in [-0.2, -0.15) is 0 Å². The van der Waals surface area contributed by atoms with Crippen molar-refractivity contribution in [3.63, 3.8) is 0 Å². The number of aryl methyl sites for hydroxylation is 2. The van der Waals surface area contributed by atoms with Crippen molar-refractivity contribution < 1.29 is 0 Å². The normalized spacial score (nSPS) is 15.1. The first-order valence-corrected chi connectivity index (χ1v) is 6.68. The molecule has 0 amide bonds. The van der Waals surface area contributed by atoms with Crippen molar-refractivity contribution in [2.45, 2.75) is 45.7 Å². The Hall–Kier alpha value is -1.35. The zero-order valence-corrected chi connectivity index (χ0v) is 11.4. The molecule has 0 spiro atoms. The molecule has 1 aromatic carbocycles. The molecule has 0 radical (unpaired) electrons. The Morgan fingerprint density at radius 3 is 2.39 bits per heavy atom. The number of nitrogens with one attached hydrogen (secondary N) is 1. The second-order valence-corrected chi connectivity index (χ2v) is 5.47. The second-order valence-electron chi connectivity index (χ2n) is 5.47. The van der Waals surface area contributed by atoms with Crippen LogP contribution in [0.3, 0.4) is 0 Å². The van der Waals surface area contributed by atoms with Crippen LogP contribution in [-0.4, -0.2) is 23.3 Å². The Kier molecular flexibility index (Phi) is 4.02. The Balaban J connectivity index is 2.01. The molecule has 1 aliphatic carbocycles. The summed E-state index contributed by atoms with van der Waals surface area (Å²) in [7, 11) is 0. The minimum Gasteiger partial charge on any atom is -0.388 e. The lowest BCUT2D eigenvalue weighted by atomic mass is 10.1. The zero-order chi connectivity index (χ0) is 13.1. The van der Waals surface area contributed by atoms with Gasteiger partial charge in [-0.1, -0.05) is 29.3 Å². The predicted molar refractivity (Wildman–Crippen MR) is 75.9 cm³/mol. The van der Waals surface area contributed by atoms with E-state index >= 15 is 0 Å². The van der Waals surface area contributed by atoms with Crippen LogP contribution in [0.2, 0.25) is 0 Å². The van der Waals surface area contributed by atoms with Crippen LogP contribution in [-0.2, 0) is 6.54 Å². The van der Waals surface area contributed by atoms with Crippen LogP contribution in [0.1, 0.15) is 36.0 Å². The molecule has 1 aromatic rings. The smallest absolute Gasteiger partial charge is 0.0918 e. The fourth-order valence-electron chi connectivity index (χ4n) is 2.49. The molecule has 0 aliphatic heterocycles. The van der Waals surface area contributed by atoms with E-state index in [0.29, 0.717) is 18.3 Å². The molecule has 3 heteroatoms. The van der Waals surface area contributed by atoms with E-state index in [1.807, 2.05) is 0 Å². The summed E-state index contributed by atoms with van der Waals surface area (Å²) in [5, 5.41) is 7.35. The monoisotopic (exact) mass is 245 g/mol. The lowest BCUT2D eigenvalue weighted by Gasteiger charge is -2.22. The molecule has 0 bridgehead atoms. The third-order valence-electron chi connectivity index (χ3n) is 3.40. The summed E-state index contributed by atoms with van der Waals surface area (Å²) in [4.78, 5) is 2.47. The summed E-state index contributed by atoms with van der Waals surface area (Å²) in [6.45, 7) is 6.19. The highest BCUT2D eigenvalue weighted by Gasteiger charge is 2.28. The number of amidine groups is 1. The third kappa shape index (κ3) is 3.84. The molecule has 18 heavy (non-hydrogen) atoms. The quantitative estimate of drug-likeness (QED) is 0.598. The average Bonchev–Trinajstić information content (AvgIpc) is 3.06. The summed E-state index contributed by atoms with van der Waals surface area (Å²) in [5.74, 6) is 0.293. The van der Waals surface area contributed by atoms with E-state index in [2.05, 4.69) is 36.9 Å². The molecule has 0 aromatic heterocycles. The first kappa shape index (κ1) is 13.1. The molecule has 0 atom stereocenters. The Morgan fingerprint density at radius 1 is 1.28 bits per heavy atom. The van der Waals surface area contributed by atoms with E-state index in [0.717, 1.165) is 13.1 Å². The minimum atomic E-state index is 0.293. The van der Waals surface area contributed by atoms with Gasteiger partial charge >= 0.3 is 0 Å². The van der Waals surface area contributed by atoms with Crippen molar-refractivity contribution in [2.24, 2.45) is 5.73 Å². The van der Waals surface area contributed by atoms with E-state index in [1.54, 1.807) is 0 Å². The molecule has 0 unspecified atom stereocenters. The summed E-state index contributed by atoms with van der Waals surface area (Å²) in [5.41, 5.74) is 9.49. The summed E-state index contributed by atoms with van der Waals surface area (Å²) >= 11 is 0. The van der Waals surface area contributed by atoms with Crippen LogP contribution in [0.25, 0.3) is 0 Å². The van der Waals surface area contributed by atoms with Gasteiger partial charge in [-0.05, 0) is 32.3 Å². The number of hydrogen-bond acceptors (Lipinski definition) is 2. The SMILES string of the molecule is Cc1cc(C)cc(CN(CCC(=N)N)C2CC2)c1. The van der Waals surface area contributed by atoms with Gasteiger partial charge in [0.05, 0.1) is 5.84 Å². The Morgan fingerprint density at radius 2 is 1.89 bits per heavy atom. The lowest BCUT2D eigenvalue weighted by molar-refractivity contribution is 0.262. The standard InChI is InChI=1S/C15H23N3/c1-11-7-12(2)9-13(8-11)10-18(14-3-4-14)6-5-15(16)17/h7-9,14H,3-6,10H2,1-2H3,(H3,16,17). The van der Waals surface area contributed by atoms with E-state index in [4.69, 9.17) is 11.1 Å². The van der Waals surface area contributed by atoms with Crippen LogP contribution in [0.5, 0.6) is 0 Å². The first-order valence-electron chi connectivity index (χ1n) is 6.68. The zero-order valence-electron chi connectivity index (χ0n) is 11.4. The highest BCUT2D eigenvalue weighted by atomic mass is 15.2. The highest BCUT2D eigenvalue weighted by Crippen LogP contribution is 2.28. The van der Waals surface area contributed by atoms with E-state index in [1.165, 1.54) is 29.5 Å². The Bertz CT molecular complexity index is 415. The molecule has 1 aliphatic rings. The van der Waals surface area contributed by atoms with Crippen molar-refractivity contribution in [3.8, 4) is 0 Å². The van der Waals surface area contributed by atoms with Gasteiger partial charge in [0, 0.05) is 25.6 Å². The molecule has 0 heterocycles. The summed E-state index contributed by atoms with van der Waals surface area (Å²) in [6.07, 6.45) is 3.27. The Labute approximate surface area is 109 Å². The van der Waals surface area contributed by atoms with Crippen LogP contribution < -0.4 is 5.73 Å². The second kappa shape index (κ2) is 5.53. The van der Waals surface area contributed by atoms with Crippen LogP contribution in [0.4, 0.5) is 0 Å². The summed E-state index contributed by atoms with van der Waals surface area (Å²) in [6, 6.07) is 7.44. The molecule has 1 fully saturated rings. The average molecular weight is 245 g/mol. The fraction of sp³-hybridized carbons (Fsp3) is 0.533. The maximum absolute atomic E-state index is 7.35. The molecule has 3 nitrogen and oxygen atoms in total. The topological polar surface area (TPSA) is 53.1 Å². The maximum Gasteiger partial charge on any atom is 0.0918 e. The van der Waals surface area contributed by atoms with Crippen LogP contribution >= 0.6 is 0 Å². The van der Waals surface area contributed by atoms with Gasteiger partial charge in [-0.15, -0.1) is 0 Å². The molecule has 1 saturated carbocycles. The van der Waals surface area contributed by atoms with Crippen molar-refractivity contribution in [1.29, 1.82) is 5.41 Å². The fourth-order valence-corrected chi connectivity index (χ4v) is 2.49. The van der Waals surface area contributed by atoms with Gasteiger partial charge in [0.15, 0.2) is 0 Å². The molecule has 2 rings (SSSR count). The van der Waals surface area contributed by atoms with Gasteiger partial charge in [-0.25, -0.2) is 0 Å². The van der Waals surface area contributed by atoms with Crippen molar-refractivity contribution in [1.82, 2.24) is 4.90 Å². The molecular weight excluding hydrogens is 222 g/mol. The van der Waals surface area contributed by atoms with Gasteiger partial charge in [0.1, 0.15) is 0 Å². The van der Waals surface area contributed by atoms with Gasteiger partial charge in [0.2, 0.25) is 0 Å². The van der Waals surface area contributed by atoms with E-state index < -0.39 is 0 Å². The van der Waals surface area contributed by atoms with E-state index in [9.17, 15) is 0 Å². The lowest BCUT2D eigenvalue weighted by Crippen LogP contribution is -2.29. The number of nitrogens with two attached hydrogens (primary N) is 1. The van der Waals surface area contributed by atoms with Gasteiger partial charge in [0.25, 0.3) is 0 Å². The van der Waals surface area contributed by atoms with Crippen molar-refractivity contribution in [3.05, 3.63) is 34.9 Å². The number of nitrogens with zero attached hydrogens (tertiary/aromatic N) is 1. The highest BCUT2D eigenvalue weighted by molar-refractivity contribution is 5.76. The number of hydrogen-bond donors (Lipinski definition) is 2. The van der Waals surface area contributed by atoms with E-state index in [-0.39, 0.29) is 0 Å².